The summed E-state index contributed by atoms with van der Waals surface area (Å²) in [5, 5.41) is 23.0. The highest BCUT2D eigenvalue weighted by molar-refractivity contribution is 5.91. The Kier molecular flexibility index (Phi) is 4.63. The lowest BCUT2D eigenvalue weighted by atomic mass is 9.44. The molecule has 0 bridgehead atoms. The van der Waals surface area contributed by atoms with Gasteiger partial charge >= 0.3 is 5.97 Å². The van der Waals surface area contributed by atoms with Crippen molar-refractivity contribution in [1.29, 1.82) is 0 Å². The Hall–Kier alpha value is -1.53. The van der Waals surface area contributed by atoms with Gasteiger partial charge in [0.05, 0.1) is 6.10 Å². The standard InChI is InChI=1S/C23H32O6/c1-12(24)23(28)10-8-17-16-6-5-14-11-15(26)7-9-21(14,3)18(16)19(27)20(22(17,23)4)29-13(2)25/h11,16-20,27-28H,5-10H2,1-4H3/t16-,17-,18+,19?,20?,21-,22+,23-/m0/s1. The minimum atomic E-state index is -1.62. The summed E-state index contributed by atoms with van der Waals surface area (Å²) in [6.07, 6.45) is 3.48. The fraction of sp³-hybridized carbons (Fsp3) is 0.783. The molecule has 0 aromatic heterocycles. The second-order valence-corrected chi connectivity index (χ2v) is 10.1. The summed E-state index contributed by atoms with van der Waals surface area (Å²) >= 11 is 0. The fourth-order valence-electron chi connectivity index (χ4n) is 7.58. The molecule has 2 N–H and O–H groups in total. The minimum Gasteiger partial charge on any atom is -0.459 e. The van der Waals surface area contributed by atoms with Crippen molar-refractivity contribution in [3.05, 3.63) is 11.6 Å². The Balaban J connectivity index is 1.85. The highest BCUT2D eigenvalue weighted by atomic mass is 16.6. The van der Waals surface area contributed by atoms with Crippen LogP contribution >= 0.6 is 0 Å². The number of carbonyl (C=O) groups excluding carboxylic acids is 3. The predicted octanol–water partition coefficient (Wildman–Crippen LogP) is 2.35. The Bertz CT molecular complexity index is 801. The number of rotatable bonds is 2. The number of ether oxygens (including phenoxy) is 1. The van der Waals surface area contributed by atoms with Gasteiger partial charge in [0, 0.05) is 24.7 Å². The number of allylic oxidation sites excluding steroid dienone is 1. The minimum absolute atomic E-state index is 0.0369. The van der Waals surface area contributed by atoms with Crippen LogP contribution in [-0.4, -0.2) is 45.6 Å². The van der Waals surface area contributed by atoms with Crippen molar-refractivity contribution >= 4 is 17.5 Å². The van der Waals surface area contributed by atoms with E-state index in [0.29, 0.717) is 25.7 Å². The van der Waals surface area contributed by atoms with Crippen molar-refractivity contribution < 1.29 is 29.3 Å². The van der Waals surface area contributed by atoms with E-state index < -0.39 is 29.2 Å². The van der Waals surface area contributed by atoms with Gasteiger partial charge in [-0.25, -0.2) is 0 Å². The molecule has 0 saturated heterocycles. The first-order valence-electron chi connectivity index (χ1n) is 10.8. The third-order valence-corrected chi connectivity index (χ3v) is 9.04. The molecule has 3 saturated carbocycles. The van der Waals surface area contributed by atoms with E-state index in [-0.39, 0.29) is 34.7 Å². The second kappa shape index (κ2) is 6.48. The van der Waals surface area contributed by atoms with E-state index in [9.17, 15) is 24.6 Å². The third-order valence-electron chi connectivity index (χ3n) is 9.04. The van der Waals surface area contributed by atoms with Gasteiger partial charge in [0.25, 0.3) is 0 Å². The van der Waals surface area contributed by atoms with Gasteiger partial charge in [-0.05, 0) is 62.4 Å². The van der Waals surface area contributed by atoms with Gasteiger partial charge in [-0.2, -0.15) is 0 Å². The number of esters is 1. The third kappa shape index (κ3) is 2.57. The molecular formula is C23H32O6. The maximum Gasteiger partial charge on any atom is 0.303 e. The van der Waals surface area contributed by atoms with Crippen LogP contribution in [0.25, 0.3) is 0 Å². The highest BCUT2D eigenvalue weighted by Gasteiger charge is 2.72. The van der Waals surface area contributed by atoms with Crippen LogP contribution in [0.2, 0.25) is 0 Å². The maximum atomic E-state index is 12.5. The molecule has 0 aromatic carbocycles. The molecule has 160 valence electrons. The van der Waals surface area contributed by atoms with Gasteiger partial charge in [-0.1, -0.05) is 19.4 Å². The molecule has 29 heavy (non-hydrogen) atoms. The van der Waals surface area contributed by atoms with Gasteiger partial charge < -0.3 is 14.9 Å². The molecule has 2 unspecified atom stereocenters. The largest absolute Gasteiger partial charge is 0.459 e. The number of hydrogen-bond donors (Lipinski definition) is 2. The van der Waals surface area contributed by atoms with Crippen LogP contribution in [-0.2, 0) is 19.1 Å². The number of hydrogen-bond acceptors (Lipinski definition) is 6. The van der Waals surface area contributed by atoms with Crippen LogP contribution in [0.4, 0.5) is 0 Å². The second-order valence-electron chi connectivity index (χ2n) is 10.1. The molecule has 0 spiro atoms. The summed E-state index contributed by atoms with van der Waals surface area (Å²) in [6.45, 7) is 6.61. The van der Waals surface area contributed by atoms with Gasteiger partial charge in [-0.15, -0.1) is 0 Å². The Morgan fingerprint density at radius 3 is 2.45 bits per heavy atom. The Labute approximate surface area is 171 Å². The quantitative estimate of drug-likeness (QED) is 0.685. The SMILES string of the molecule is CC(=O)OC1C(O)[C@H]2[C@@H](CCC3=CC(=O)CC[C@@]32C)[C@@H]2CC[C@](O)(C(C)=O)[C@@]12C. The lowest BCUT2D eigenvalue weighted by Gasteiger charge is -2.62. The van der Waals surface area contributed by atoms with Crippen molar-refractivity contribution in [2.24, 2.45) is 28.6 Å². The number of fused-ring (bicyclic) bond motifs is 5. The predicted molar refractivity (Wildman–Crippen MR) is 105 cm³/mol. The van der Waals surface area contributed by atoms with Crippen LogP contribution < -0.4 is 0 Å². The first-order valence-corrected chi connectivity index (χ1v) is 10.8. The van der Waals surface area contributed by atoms with Crippen LogP contribution in [0.15, 0.2) is 11.6 Å². The van der Waals surface area contributed by atoms with Gasteiger partial charge in [0.2, 0.25) is 0 Å². The molecule has 6 nitrogen and oxygen atoms in total. The smallest absolute Gasteiger partial charge is 0.303 e. The van der Waals surface area contributed by atoms with E-state index in [2.05, 4.69) is 6.92 Å². The highest BCUT2D eigenvalue weighted by Crippen LogP contribution is 2.68. The van der Waals surface area contributed by atoms with E-state index in [1.54, 1.807) is 6.08 Å². The molecule has 4 rings (SSSR count). The van der Waals surface area contributed by atoms with Gasteiger partial charge in [0.1, 0.15) is 11.7 Å². The molecule has 4 aliphatic rings. The summed E-state index contributed by atoms with van der Waals surface area (Å²) in [7, 11) is 0. The molecule has 0 radical (unpaired) electrons. The summed E-state index contributed by atoms with van der Waals surface area (Å²) in [6, 6.07) is 0. The Morgan fingerprint density at radius 2 is 1.83 bits per heavy atom. The maximum absolute atomic E-state index is 12.5. The summed E-state index contributed by atoms with van der Waals surface area (Å²) in [4.78, 5) is 36.5. The number of aliphatic hydroxyl groups is 2. The summed E-state index contributed by atoms with van der Waals surface area (Å²) < 4.78 is 5.67. The van der Waals surface area contributed by atoms with Crippen LogP contribution in [0.1, 0.15) is 66.2 Å². The molecular weight excluding hydrogens is 372 g/mol. The van der Waals surface area contributed by atoms with E-state index in [4.69, 9.17) is 4.74 Å². The zero-order chi connectivity index (χ0) is 21.4. The average Bonchev–Trinajstić information content (AvgIpc) is 2.92. The lowest BCUT2D eigenvalue weighted by Crippen LogP contribution is -2.69. The van der Waals surface area contributed by atoms with E-state index >= 15 is 0 Å². The summed E-state index contributed by atoms with van der Waals surface area (Å²) in [5.74, 6) is -0.838. The fourth-order valence-corrected chi connectivity index (χ4v) is 7.58. The zero-order valence-corrected chi connectivity index (χ0v) is 17.7. The van der Waals surface area contributed by atoms with Crippen LogP contribution in [0.3, 0.4) is 0 Å². The molecule has 3 fully saturated rings. The van der Waals surface area contributed by atoms with Gasteiger partial charge in [0.15, 0.2) is 11.6 Å². The molecule has 0 amide bonds. The van der Waals surface area contributed by atoms with Crippen molar-refractivity contribution in [3.8, 4) is 0 Å². The van der Waals surface area contributed by atoms with Crippen molar-refractivity contribution in [2.75, 3.05) is 0 Å². The molecule has 6 heteroatoms. The number of Topliss-reactive ketones (excluding diaryl/α,β-unsaturated/α-hetero) is 1. The average molecular weight is 405 g/mol. The molecule has 0 aliphatic heterocycles. The first kappa shape index (κ1) is 20.7. The van der Waals surface area contributed by atoms with Crippen molar-refractivity contribution in [1.82, 2.24) is 0 Å². The molecule has 0 aromatic rings. The van der Waals surface area contributed by atoms with E-state index in [0.717, 1.165) is 18.4 Å². The van der Waals surface area contributed by atoms with Crippen LogP contribution in [0.5, 0.6) is 0 Å². The number of aliphatic hydroxyl groups excluding tert-OH is 1. The lowest BCUT2D eigenvalue weighted by molar-refractivity contribution is -0.242. The normalized spacial score (nSPS) is 48.8. The first-order chi connectivity index (χ1) is 13.5. The molecule has 8 atom stereocenters. The number of ketones is 2. The van der Waals surface area contributed by atoms with Gasteiger partial charge in [-0.3, -0.25) is 14.4 Å². The molecule has 4 aliphatic carbocycles. The molecule has 0 heterocycles. The Morgan fingerprint density at radius 1 is 1.14 bits per heavy atom. The topological polar surface area (TPSA) is 101 Å². The monoisotopic (exact) mass is 404 g/mol. The van der Waals surface area contributed by atoms with Crippen molar-refractivity contribution in [3.63, 3.8) is 0 Å². The van der Waals surface area contributed by atoms with Crippen molar-refractivity contribution in [2.45, 2.75) is 84.0 Å². The van der Waals surface area contributed by atoms with Crippen LogP contribution in [0, 0.1) is 28.6 Å². The number of carbonyl (C=O) groups is 3. The van der Waals surface area contributed by atoms with E-state index in [1.807, 2.05) is 6.92 Å². The van der Waals surface area contributed by atoms with E-state index in [1.165, 1.54) is 13.8 Å². The summed E-state index contributed by atoms with van der Waals surface area (Å²) in [5.41, 5.74) is -1.91. The zero-order valence-electron chi connectivity index (χ0n) is 17.7.